The van der Waals surface area contributed by atoms with Gasteiger partial charge in [-0.05, 0) is 89.9 Å². The standard InChI is InChI=1S/C39H59N7O7S/c1-22(2)20-41-33(40-7)18-28(16-24(5)39(51)52)42-35(48)29-21-54-37(43-29)32(53-25(6)47)19-30(23(3)4)45(8)38(50)34(27-10-9-11-27)44-36(49)31-17-26-12-14-46(31)15-13-26/h20-21,23-24,26-28,30-32,34H,7,9-19H2,1-6,8H3,(H,42,48)(H,44,49)(H,51,52)/t24-,28+,30+,31+,32+,34-/m0/s1. The minimum Gasteiger partial charge on any atom is -0.481 e. The third-order valence-corrected chi connectivity index (χ3v) is 12.0. The number of esters is 1. The fourth-order valence-corrected chi connectivity index (χ4v) is 8.46. The molecule has 2 bridgehead atoms. The molecule has 3 aliphatic heterocycles. The van der Waals surface area contributed by atoms with Crippen LogP contribution < -0.4 is 10.6 Å². The highest BCUT2D eigenvalue weighted by Crippen LogP contribution is 2.35. The van der Waals surface area contributed by atoms with E-state index in [0.29, 0.717) is 16.8 Å². The topological polar surface area (TPSA) is 183 Å². The van der Waals surface area contributed by atoms with Gasteiger partial charge in [0.2, 0.25) is 11.8 Å². The van der Waals surface area contributed by atoms with E-state index >= 15 is 0 Å². The lowest BCUT2D eigenvalue weighted by atomic mass is 9.78. The Morgan fingerprint density at radius 1 is 1.09 bits per heavy atom. The fourth-order valence-electron chi connectivity index (χ4n) is 7.62. The molecular formula is C39H59N7O7S. The number of aliphatic imine (C=N–C) groups is 2. The van der Waals surface area contributed by atoms with Crippen molar-refractivity contribution in [2.45, 2.75) is 130 Å². The molecule has 1 aromatic heterocycles. The van der Waals surface area contributed by atoms with Crippen LogP contribution in [0.25, 0.3) is 0 Å². The van der Waals surface area contributed by atoms with Crippen molar-refractivity contribution in [1.82, 2.24) is 25.4 Å². The predicted octanol–water partition coefficient (Wildman–Crippen LogP) is 5.01. The summed E-state index contributed by atoms with van der Waals surface area (Å²) in [5.41, 5.74) is 1.02. The van der Waals surface area contributed by atoms with Crippen LogP contribution in [-0.4, -0.2) is 106 Å². The number of thiazole rings is 1. The van der Waals surface area contributed by atoms with Crippen LogP contribution in [0.15, 0.2) is 27.1 Å². The zero-order valence-corrected chi connectivity index (χ0v) is 33.7. The Kier molecular flexibility index (Phi) is 15.5. The van der Waals surface area contributed by atoms with Gasteiger partial charge in [0, 0.05) is 50.5 Å². The van der Waals surface area contributed by atoms with Crippen LogP contribution in [0.5, 0.6) is 0 Å². The van der Waals surface area contributed by atoms with Crippen LogP contribution in [0.1, 0.15) is 121 Å². The number of allylic oxidation sites excluding steroid dienone is 1. The lowest BCUT2D eigenvalue weighted by Gasteiger charge is -2.45. The van der Waals surface area contributed by atoms with Crippen molar-refractivity contribution in [3.8, 4) is 0 Å². The molecule has 1 saturated carbocycles. The van der Waals surface area contributed by atoms with Gasteiger partial charge in [-0.25, -0.2) is 15.0 Å². The van der Waals surface area contributed by atoms with Gasteiger partial charge in [0.05, 0.1) is 12.0 Å². The third-order valence-electron chi connectivity index (χ3n) is 11.0. The third kappa shape index (κ3) is 11.5. The monoisotopic (exact) mass is 769 g/mol. The maximum absolute atomic E-state index is 14.3. The summed E-state index contributed by atoms with van der Waals surface area (Å²) in [6.45, 7) is 16.0. The summed E-state index contributed by atoms with van der Waals surface area (Å²) in [5.74, 6) is -2.11. The number of likely N-dealkylation sites (N-methyl/N-ethyl adjacent to an activating group) is 1. The van der Waals surface area contributed by atoms with Gasteiger partial charge >= 0.3 is 11.9 Å². The molecule has 3 N–H and O–H groups in total. The molecule has 1 aliphatic carbocycles. The number of ether oxygens (including phenoxy) is 1. The summed E-state index contributed by atoms with van der Waals surface area (Å²) in [4.78, 5) is 82.3. The van der Waals surface area contributed by atoms with E-state index in [1.807, 2.05) is 27.7 Å². The summed E-state index contributed by atoms with van der Waals surface area (Å²) >= 11 is 1.16. The first-order chi connectivity index (χ1) is 25.6. The van der Waals surface area contributed by atoms with Crippen LogP contribution in [0.2, 0.25) is 0 Å². The van der Waals surface area contributed by atoms with E-state index < -0.39 is 42.0 Å². The van der Waals surface area contributed by atoms with Gasteiger partial charge in [-0.2, -0.15) is 0 Å². The van der Waals surface area contributed by atoms with Gasteiger partial charge in [-0.1, -0.05) is 32.8 Å². The first-order valence-electron chi connectivity index (χ1n) is 19.2. The van der Waals surface area contributed by atoms with Crippen molar-refractivity contribution in [3.63, 3.8) is 0 Å². The summed E-state index contributed by atoms with van der Waals surface area (Å²) < 4.78 is 5.78. The Morgan fingerprint density at radius 2 is 1.78 bits per heavy atom. The SMILES string of the molecule is C=NC(C[C@@H](C[C@H](C)C(=O)O)NC(=O)c1csc([C@@H](C[C@H](C(C)C)N(C)C(=O)[C@@H](NC(=O)[C@H]2CC3CCN2CC3)C2CCC2)OC(C)=O)n1)=NC=C(C)C. The fraction of sp³-hybridized carbons (Fsp3) is 0.692. The summed E-state index contributed by atoms with van der Waals surface area (Å²) in [6, 6.07) is -1.85. The zero-order valence-electron chi connectivity index (χ0n) is 32.9. The molecule has 0 spiro atoms. The van der Waals surface area contributed by atoms with Gasteiger partial charge in [-0.3, -0.25) is 28.9 Å². The Hall–Kier alpha value is -3.98. The molecule has 1 aromatic rings. The number of carbonyl (C=O) groups is 5. The summed E-state index contributed by atoms with van der Waals surface area (Å²) in [7, 11) is 1.74. The lowest BCUT2D eigenvalue weighted by Crippen LogP contribution is -2.61. The van der Waals surface area contributed by atoms with Crippen LogP contribution in [-0.2, 0) is 23.9 Å². The number of aliphatic carboxylic acids is 1. The smallest absolute Gasteiger partial charge is 0.306 e. The normalized spacial score (nSPS) is 22.5. The second-order valence-electron chi connectivity index (χ2n) is 15.8. The Morgan fingerprint density at radius 3 is 2.30 bits per heavy atom. The number of rotatable bonds is 18. The first-order valence-corrected chi connectivity index (χ1v) is 20.1. The second kappa shape index (κ2) is 19.6. The van der Waals surface area contributed by atoms with Crippen LogP contribution in [0, 0.1) is 23.7 Å². The van der Waals surface area contributed by atoms with E-state index in [9.17, 15) is 29.1 Å². The largest absolute Gasteiger partial charge is 0.481 e. The van der Waals surface area contributed by atoms with Crippen molar-refractivity contribution >= 4 is 53.6 Å². The van der Waals surface area contributed by atoms with E-state index in [1.54, 1.807) is 30.5 Å². The highest BCUT2D eigenvalue weighted by molar-refractivity contribution is 7.09. The molecule has 0 radical (unpaired) electrons. The average Bonchev–Trinajstić information content (AvgIpc) is 3.60. The van der Waals surface area contributed by atoms with Crippen LogP contribution in [0.4, 0.5) is 0 Å². The van der Waals surface area contributed by atoms with E-state index in [-0.39, 0.29) is 60.7 Å². The minimum atomic E-state index is -0.998. The molecule has 54 heavy (non-hydrogen) atoms. The van der Waals surface area contributed by atoms with E-state index in [0.717, 1.165) is 68.5 Å². The number of fused-ring (bicyclic) bond motifs is 3. The number of carboxylic acids is 1. The van der Waals surface area contributed by atoms with E-state index in [1.165, 1.54) is 6.92 Å². The maximum atomic E-state index is 14.3. The Balaban J connectivity index is 1.50. The number of nitrogens with zero attached hydrogens (tertiary/aromatic N) is 5. The molecule has 4 aliphatic rings. The van der Waals surface area contributed by atoms with Crippen molar-refractivity contribution in [3.05, 3.63) is 27.9 Å². The number of hydrogen-bond donors (Lipinski definition) is 3. The molecular weight excluding hydrogens is 711 g/mol. The molecule has 5 rings (SSSR count). The van der Waals surface area contributed by atoms with Crippen molar-refractivity contribution in [1.29, 1.82) is 0 Å². The van der Waals surface area contributed by atoms with E-state index in [4.69, 9.17) is 4.74 Å². The minimum absolute atomic E-state index is 0.0460. The number of nitrogens with one attached hydrogen (secondary N) is 2. The quantitative estimate of drug-likeness (QED) is 0.105. The molecule has 0 unspecified atom stereocenters. The Bertz CT molecular complexity index is 1580. The second-order valence-corrected chi connectivity index (χ2v) is 16.7. The number of aromatic nitrogens is 1. The molecule has 0 aromatic carbocycles. The number of carboxylic acid groups (broad SMARTS) is 1. The molecule has 14 nitrogen and oxygen atoms in total. The van der Waals surface area contributed by atoms with Crippen LogP contribution >= 0.6 is 11.3 Å². The van der Waals surface area contributed by atoms with Gasteiger partial charge in [0.25, 0.3) is 5.91 Å². The predicted molar refractivity (Wildman–Crippen MR) is 208 cm³/mol. The van der Waals surface area contributed by atoms with Crippen molar-refractivity contribution in [2.24, 2.45) is 33.7 Å². The van der Waals surface area contributed by atoms with Crippen molar-refractivity contribution in [2.75, 3.05) is 20.1 Å². The zero-order chi connectivity index (χ0) is 39.7. The number of hydrogen-bond acceptors (Lipinski definition) is 10. The summed E-state index contributed by atoms with van der Waals surface area (Å²) in [5, 5.41) is 17.6. The number of carbonyl (C=O) groups excluding carboxylic acids is 4. The molecule has 6 atom stereocenters. The number of amides is 3. The number of piperidine rings is 3. The molecule has 3 amide bonds. The molecule has 3 saturated heterocycles. The highest BCUT2D eigenvalue weighted by atomic mass is 32.1. The average molecular weight is 770 g/mol. The maximum Gasteiger partial charge on any atom is 0.306 e. The lowest BCUT2D eigenvalue weighted by molar-refractivity contribution is -0.149. The number of amidine groups is 1. The first kappa shape index (κ1) is 42.8. The van der Waals surface area contributed by atoms with Gasteiger partial charge in [-0.15, -0.1) is 11.3 Å². The van der Waals surface area contributed by atoms with Gasteiger partial charge < -0.3 is 25.4 Å². The van der Waals surface area contributed by atoms with Gasteiger partial charge in [0.15, 0.2) is 6.10 Å². The van der Waals surface area contributed by atoms with Gasteiger partial charge in [0.1, 0.15) is 22.6 Å². The summed E-state index contributed by atoms with van der Waals surface area (Å²) in [6.07, 6.45) is 7.11. The van der Waals surface area contributed by atoms with Crippen molar-refractivity contribution < 1.29 is 33.8 Å². The Labute approximate surface area is 323 Å². The van der Waals surface area contributed by atoms with Crippen LogP contribution in [0.3, 0.4) is 0 Å². The molecule has 4 heterocycles. The molecule has 15 heteroatoms. The molecule has 4 fully saturated rings. The molecule has 298 valence electrons. The highest BCUT2D eigenvalue weighted by Gasteiger charge is 2.43. The van der Waals surface area contributed by atoms with E-state index in [2.05, 4.69) is 37.2 Å².